The second-order valence-electron chi connectivity index (χ2n) is 6.74. The molecule has 162 valence electrons. The van der Waals surface area contributed by atoms with Gasteiger partial charge in [0.25, 0.3) is 5.91 Å². The summed E-state index contributed by atoms with van der Waals surface area (Å²) in [5, 5.41) is 11.0. The van der Waals surface area contributed by atoms with Gasteiger partial charge in [-0.3, -0.25) is 4.79 Å². The zero-order valence-corrected chi connectivity index (χ0v) is 16.8. The fourth-order valence-corrected chi connectivity index (χ4v) is 3.62. The quantitative estimate of drug-likeness (QED) is 0.541. The zero-order valence-electron chi connectivity index (χ0n) is 16.8. The predicted molar refractivity (Wildman–Crippen MR) is 105 cm³/mol. The zero-order chi connectivity index (χ0) is 21.8. The maximum atomic E-state index is 13.2. The van der Waals surface area contributed by atoms with Gasteiger partial charge in [0.2, 0.25) is 0 Å². The highest BCUT2D eigenvalue weighted by atomic mass is 16.6. The van der Waals surface area contributed by atoms with Crippen molar-refractivity contribution in [2.24, 2.45) is 0 Å². The summed E-state index contributed by atoms with van der Waals surface area (Å²) in [6, 6.07) is 2.22. The molecule has 0 aliphatic carbocycles. The third kappa shape index (κ3) is 3.90. The number of benzene rings is 1. The fraction of sp³-hybridized carbons (Fsp3) is 0.450. The fourth-order valence-electron chi connectivity index (χ4n) is 3.62. The maximum Gasteiger partial charge on any atom is 0.416 e. The van der Waals surface area contributed by atoms with Crippen molar-refractivity contribution >= 4 is 23.7 Å². The first-order chi connectivity index (χ1) is 14.4. The third-order valence-electron chi connectivity index (χ3n) is 5.04. The molecule has 0 radical (unpaired) electrons. The Morgan fingerprint density at radius 3 is 2.73 bits per heavy atom. The van der Waals surface area contributed by atoms with Crippen LogP contribution >= 0.6 is 0 Å². The number of hydrogen-bond acceptors (Lipinski definition) is 8. The van der Waals surface area contributed by atoms with Crippen LogP contribution in [-0.4, -0.2) is 74.2 Å². The Hall–Kier alpha value is -3.27. The maximum absolute atomic E-state index is 13.2. The summed E-state index contributed by atoms with van der Waals surface area (Å²) in [4.78, 5) is 40.0. The van der Waals surface area contributed by atoms with Crippen LogP contribution in [0, 0.1) is 0 Å². The molecule has 1 fully saturated rings. The van der Waals surface area contributed by atoms with Gasteiger partial charge in [-0.25, -0.2) is 14.5 Å². The van der Waals surface area contributed by atoms with Crippen molar-refractivity contribution in [1.82, 2.24) is 4.90 Å². The average molecular weight is 420 g/mol. The molecular formula is C20H24N2O8. The Bertz CT molecular complexity index is 855. The lowest BCUT2D eigenvalue weighted by Gasteiger charge is -2.31. The molecular weight excluding hydrogens is 396 g/mol. The molecule has 3 rings (SSSR count). The molecule has 1 aromatic rings. The minimum Gasteiger partial charge on any atom is -0.493 e. The van der Waals surface area contributed by atoms with Crippen LogP contribution in [0.1, 0.15) is 23.2 Å². The number of carbonyl (C=O) groups is 3. The summed E-state index contributed by atoms with van der Waals surface area (Å²) in [5.74, 6) is -0.669. The van der Waals surface area contributed by atoms with Gasteiger partial charge in [-0.1, -0.05) is 12.7 Å². The molecule has 1 saturated heterocycles. The van der Waals surface area contributed by atoms with Crippen molar-refractivity contribution < 1.29 is 38.4 Å². The molecule has 2 aliphatic rings. The van der Waals surface area contributed by atoms with Crippen molar-refractivity contribution in [3.63, 3.8) is 0 Å². The van der Waals surface area contributed by atoms with Crippen molar-refractivity contribution in [2.75, 3.05) is 38.9 Å². The number of aliphatic hydroxyl groups is 1. The summed E-state index contributed by atoms with van der Waals surface area (Å²) in [5.41, 5.74) is 0.243. The molecule has 2 atom stereocenters. The molecule has 1 N–H and O–H groups in total. The first kappa shape index (κ1) is 21.4. The molecule has 0 aromatic heterocycles. The number of fused-ring (bicyclic) bond motifs is 2. The van der Waals surface area contributed by atoms with Crippen molar-refractivity contribution in [3.05, 3.63) is 30.4 Å². The van der Waals surface area contributed by atoms with E-state index in [4.69, 9.17) is 14.2 Å². The lowest BCUT2D eigenvalue weighted by molar-refractivity contribution is -0.142. The van der Waals surface area contributed by atoms with E-state index < -0.39 is 30.9 Å². The molecule has 0 spiro atoms. The van der Waals surface area contributed by atoms with E-state index in [0.29, 0.717) is 19.4 Å². The van der Waals surface area contributed by atoms with Gasteiger partial charge in [0, 0.05) is 12.6 Å². The Balaban J connectivity index is 2.10. The van der Waals surface area contributed by atoms with Crippen molar-refractivity contribution in [1.29, 1.82) is 0 Å². The number of carbonyl (C=O) groups excluding carboxylic acids is 3. The summed E-state index contributed by atoms with van der Waals surface area (Å²) in [6.07, 6.45) is 0.478. The molecule has 10 nitrogen and oxygen atoms in total. The first-order valence-corrected chi connectivity index (χ1v) is 9.40. The van der Waals surface area contributed by atoms with Crippen LogP contribution in [0.4, 0.5) is 10.5 Å². The van der Waals surface area contributed by atoms with Crippen molar-refractivity contribution in [3.8, 4) is 11.5 Å². The number of methoxy groups -OCH3 is 2. The first-order valence-electron chi connectivity index (χ1n) is 9.40. The third-order valence-corrected chi connectivity index (χ3v) is 5.04. The highest BCUT2D eigenvalue weighted by Crippen LogP contribution is 2.41. The Morgan fingerprint density at radius 1 is 1.30 bits per heavy atom. The number of hydrogen-bond donors (Lipinski definition) is 1. The number of nitrogens with zero attached hydrogens (tertiary/aromatic N) is 2. The van der Waals surface area contributed by atoms with E-state index in [-0.39, 0.29) is 35.3 Å². The van der Waals surface area contributed by atoms with Gasteiger partial charge in [0.05, 0.1) is 31.5 Å². The largest absolute Gasteiger partial charge is 0.493 e. The summed E-state index contributed by atoms with van der Waals surface area (Å²) >= 11 is 0. The number of anilines is 1. The smallest absolute Gasteiger partial charge is 0.416 e. The Labute approximate surface area is 173 Å². The number of rotatable bonds is 6. The van der Waals surface area contributed by atoms with Gasteiger partial charge < -0.3 is 29.0 Å². The van der Waals surface area contributed by atoms with Crippen LogP contribution in [0.3, 0.4) is 0 Å². The number of amides is 2. The number of ether oxygens (including phenoxy) is 4. The van der Waals surface area contributed by atoms with Crippen LogP contribution in [-0.2, 0) is 14.3 Å². The standard InChI is InChI=1S/C20H24N2O8/c1-4-8-29-20(26)22-14-10-16(30-11-17(23)28-3)15(27-2)9-12(14)18(24)21-7-5-6-13(21)19(22)25/h4,9-10,13,19,25H,1,5-8,11H2,2-3H3/t13-,19?/m0/s1. The Morgan fingerprint density at radius 2 is 2.07 bits per heavy atom. The van der Waals surface area contributed by atoms with Crippen molar-refractivity contribution in [2.45, 2.75) is 25.1 Å². The lowest BCUT2D eigenvalue weighted by atomic mass is 10.1. The molecule has 1 aromatic carbocycles. The van der Waals surface area contributed by atoms with Gasteiger partial charge in [-0.05, 0) is 18.9 Å². The summed E-state index contributed by atoms with van der Waals surface area (Å²) in [7, 11) is 2.61. The molecule has 2 aliphatic heterocycles. The highest BCUT2D eigenvalue weighted by Gasteiger charge is 2.45. The molecule has 2 amide bonds. The lowest BCUT2D eigenvalue weighted by Crippen LogP contribution is -2.50. The topological polar surface area (TPSA) is 115 Å². The van der Waals surface area contributed by atoms with Crippen LogP contribution in [0.15, 0.2) is 24.8 Å². The molecule has 0 bridgehead atoms. The average Bonchev–Trinajstić information content (AvgIpc) is 3.22. The van der Waals surface area contributed by atoms with Crippen LogP contribution < -0.4 is 14.4 Å². The van der Waals surface area contributed by atoms with Crippen LogP contribution in [0.2, 0.25) is 0 Å². The van der Waals surface area contributed by atoms with Gasteiger partial charge in [-0.2, -0.15) is 0 Å². The summed E-state index contributed by atoms with van der Waals surface area (Å²) < 4.78 is 20.5. The van der Waals surface area contributed by atoms with E-state index in [0.717, 1.165) is 4.90 Å². The molecule has 30 heavy (non-hydrogen) atoms. The predicted octanol–water partition coefficient (Wildman–Crippen LogP) is 1.31. The molecule has 10 heteroatoms. The second kappa shape index (κ2) is 9.04. The monoisotopic (exact) mass is 420 g/mol. The van der Waals surface area contributed by atoms with Crippen LogP contribution in [0.5, 0.6) is 11.5 Å². The van der Waals surface area contributed by atoms with E-state index >= 15 is 0 Å². The van der Waals surface area contributed by atoms with E-state index in [1.807, 2.05) is 0 Å². The second-order valence-corrected chi connectivity index (χ2v) is 6.74. The van der Waals surface area contributed by atoms with E-state index in [9.17, 15) is 19.5 Å². The van der Waals surface area contributed by atoms with E-state index in [2.05, 4.69) is 11.3 Å². The van der Waals surface area contributed by atoms with Gasteiger partial charge >= 0.3 is 12.1 Å². The van der Waals surface area contributed by atoms with E-state index in [1.165, 1.54) is 32.4 Å². The van der Waals surface area contributed by atoms with Gasteiger partial charge in [0.15, 0.2) is 24.3 Å². The molecule has 0 saturated carbocycles. The highest BCUT2D eigenvalue weighted by molar-refractivity contribution is 6.06. The van der Waals surface area contributed by atoms with Gasteiger partial charge in [0.1, 0.15) is 6.61 Å². The van der Waals surface area contributed by atoms with Gasteiger partial charge in [-0.15, -0.1) is 0 Å². The normalized spacial score (nSPS) is 20.0. The molecule has 2 heterocycles. The number of esters is 1. The molecule has 1 unspecified atom stereocenters. The Kier molecular flexibility index (Phi) is 6.46. The van der Waals surface area contributed by atoms with E-state index in [1.54, 1.807) is 4.90 Å². The SMILES string of the molecule is C=CCOC(=O)N1c2cc(OCC(=O)OC)c(OC)cc2C(=O)N2CCC[C@H]2C1O. The van der Waals surface area contributed by atoms with Crippen LogP contribution in [0.25, 0.3) is 0 Å². The number of aliphatic hydroxyl groups excluding tert-OH is 1. The minimum absolute atomic E-state index is 0.0679. The summed E-state index contributed by atoms with van der Waals surface area (Å²) in [6.45, 7) is 3.49. The minimum atomic E-state index is -1.32.